The van der Waals surface area contributed by atoms with E-state index in [9.17, 15) is 19.7 Å². The van der Waals surface area contributed by atoms with Crippen molar-refractivity contribution in [3.8, 4) is 16.2 Å². The molecule has 2 amide bonds. The van der Waals surface area contributed by atoms with Gasteiger partial charge < -0.3 is 4.74 Å². The molecule has 3 heterocycles. The molecule has 0 saturated carbocycles. The van der Waals surface area contributed by atoms with Gasteiger partial charge in [0.15, 0.2) is 6.10 Å². The summed E-state index contributed by atoms with van der Waals surface area (Å²) in [7, 11) is 0. The number of amides is 2. The van der Waals surface area contributed by atoms with Crippen LogP contribution in [-0.4, -0.2) is 29.4 Å². The van der Waals surface area contributed by atoms with Crippen molar-refractivity contribution >= 4 is 40.2 Å². The molecule has 2 saturated heterocycles. The summed E-state index contributed by atoms with van der Waals surface area (Å²) in [5.41, 5.74) is 2.05. The number of thiophene rings is 1. The SMILES string of the molecule is CCCOc1ccc(N2C(=O)C3ON(c4ccccc4)C(c4ccc(-c5ccc([N+](=O)[O-])cc5)s4)C3C2=O)cc1. The first-order valence-electron chi connectivity index (χ1n) is 12.9. The molecule has 9 nitrogen and oxygen atoms in total. The number of anilines is 2. The number of nitro benzene ring substituents is 1. The number of benzene rings is 3. The molecule has 40 heavy (non-hydrogen) atoms. The van der Waals surface area contributed by atoms with E-state index in [1.165, 1.54) is 28.4 Å². The number of carbonyl (C=O) groups is 2. The van der Waals surface area contributed by atoms with Crippen LogP contribution in [0.25, 0.3) is 10.4 Å². The summed E-state index contributed by atoms with van der Waals surface area (Å²) in [4.78, 5) is 47.3. The zero-order valence-electron chi connectivity index (χ0n) is 21.5. The van der Waals surface area contributed by atoms with Crippen LogP contribution < -0.4 is 14.7 Å². The number of rotatable bonds is 8. The van der Waals surface area contributed by atoms with Crippen LogP contribution in [0.4, 0.5) is 17.1 Å². The van der Waals surface area contributed by atoms with E-state index in [0.29, 0.717) is 18.0 Å². The van der Waals surface area contributed by atoms with Crippen molar-refractivity contribution in [2.24, 2.45) is 5.92 Å². The second-order valence-electron chi connectivity index (χ2n) is 9.52. The van der Waals surface area contributed by atoms with Crippen LogP contribution in [0.5, 0.6) is 5.75 Å². The van der Waals surface area contributed by atoms with E-state index in [1.54, 1.807) is 41.5 Å². The Hall–Kier alpha value is -4.54. The third kappa shape index (κ3) is 4.51. The first kappa shape index (κ1) is 25.7. The lowest BCUT2D eigenvalue weighted by atomic mass is 9.95. The molecule has 3 aromatic carbocycles. The van der Waals surface area contributed by atoms with Crippen LogP contribution in [0.2, 0.25) is 0 Å². The lowest BCUT2D eigenvalue weighted by Gasteiger charge is -2.27. The van der Waals surface area contributed by atoms with E-state index in [2.05, 4.69) is 0 Å². The average Bonchev–Trinajstić information content (AvgIpc) is 3.68. The van der Waals surface area contributed by atoms with Crippen molar-refractivity contribution in [1.29, 1.82) is 0 Å². The Balaban J connectivity index is 1.34. The maximum atomic E-state index is 13.9. The maximum Gasteiger partial charge on any atom is 0.269 e. The molecule has 202 valence electrons. The van der Waals surface area contributed by atoms with Crippen LogP contribution in [0.15, 0.2) is 91.0 Å². The van der Waals surface area contributed by atoms with Crippen molar-refractivity contribution in [2.45, 2.75) is 25.5 Å². The van der Waals surface area contributed by atoms with Crippen molar-refractivity contribution < 1.29 is 24.1 Å². The fraction of sp³-hybridized carbons (Fsp3) is 0.200. The summed E-state index contributed by atoms with van der Waals surface area (Å²) in [6.45, 7) is 2.60. The molecule has 0 spiro atoms. The number of ether oxygens (including phenoxy) is 1. The van der Waals surface area contributed by atoms with Gasteiger partial charge in [-0.25, -0.2) is 9.96 Å². The van der Waals surface area contributed by atoms with E-state index in [-0.39, 0.29) is 11.6 Å². The van der Waals surface area contributed by atoms with E-state index < -0.39 is 28.9 Å². The van der Waals surface area contributed by atoms with Gasteiger partial charge in [-0.3, -0.25) is 24.5 Å². The first-order chi connectivity index (χ1) is 19.5. The molecule has 0 aliphatic carbocycles. The highest BCUT2D eigenvalue weighted by atomic mass is 32.1. The van der Waals surface area contributed by atoms with Gasteiger partial charge in [-0.1, -0.05) is 25.1 Å². The van der Waals surface area contributed by atoms with Crippen molar-refractivity contribution in [3.63, 3.8) is 0 Å². The van der Waals surface area contributed by atoms with Gasteiger partial charge in [-0.05, 0) is 72.6 Å². The molecule has 2 fully saturated rings. The van der Waals surface area contributed by atoms with Gasteiger partial charge >= 0.3 is 0 Å². The van der Waals surface area contributed by atoms with Crippen molar-refractivity contribution in [3.05, 3.63) is 106 Å². The van der Waals surface area contributed by atoms with Crippen LogP contribution >= 0.6 is 11.3 Å². The first-order valence-corrected chi connectivity index (χ1v) is 13.7. The van der Waals surface area contributed by atoms with Gasteiger partial charge in [0.2, 0.25) is 5.91 Å². The molecule has 2 aliphatic rings. The molecule has 4 aromatic rings. The minimum Gasteiger partial charge on any atom is -0.494 e. The van der Waals surface area contributed by atoms with Gasteiger partial charge in [-0.2, -0.15) is 0 Å². The topological polar surface area (TPSA) is 102 Å². The molecular formula is C30H25N3O6S. The summed E-state index contributed by atoms with van der Waals surface area (Å²) in [6, 6.07) is 26.0. The number of hydroxylamine groups is 1. The van der Waals surface area contributed by atoms with Gasteiger partial charge in [-0.15, -0.1) is 11.3 Å². The molecule has 1 aromatic heterocycles. The van der Waals surface area contributed by atoms with Gasteiger partial charge in [0.25, 0.3) is 11.6 Å². The fourth-order valence-electron chi connectivity index (χ4n) is 5.08. The summed E-state index contributed by atoms with van der Waals surface area (Å²) in [5, 5.41) is 12.7. The molecule has 3 atom stereocenters. The standard InChI is InChI=1S/C30H25N3O6S/c1-2-18-38-23-14-12-20(13-15-23)31-29(34)26-27(32(39-28(26)30(31)35)21-6-4-3-5-7-21)25-17-16-24(40-25)19-8-10-22(11-9-19)33(36)37/h3-17,26-28H,2,18H2,1H3. The molecule has 3 unspecified atom stereocenters. The largest absolute Gasteiger partial charge is 0.494 e. The zero-order chi connectivity index (χ0) is 27.8. The molecule has 0 N–H and O–H groups in total. The second kappa shape index (κ2) is 10.6. The minimum atomic E-state index is -0.973. The van der Waals surface area contributed by atoms with Crippen LogP contribution in [0.3, 0.4) is 0 Å². The predicted octanol–water partition coefficient (Wildman–Crippen LogP) is 6.16. The Morgan fingerprint density at radius 3 is 2.30 bits per heavy atom. The number of carbonyl (C=O) groups excluding carboxylic acids is 2. The average molecular weight is 556 g/mol. The molecule has 6 rings (SSSR count). The molecular weight excluding hydrogens is 530 g/mol. The normalized spacial score (nSPS) is 20.2. The molecule has 2 aliphatic heterocycles. The Morgan fingerprint density at radius 1 is 0.900 bits per heavy atom. The summed E-state index contributed by atoms with van der Waals surface area (Å²) in [6.07, 6.45) is -0.0990. The second-order valence-corrected chi connectivity index (χ2v) is 10.6. The lowest BCUT2D eigenvalue weighted by Crippen LogP contribution is -2.37. The molecule has 0 radical (unpaired) electrons. The van der Waals surface area contributed by atoms with Crippen molar-refractivity contribution in [2.75, 3.05) is 16.6 Å². The highest BCUT2D eigenvalue weighted by Gasteiger charge is 2.60. The van der Waals surface area contributed by atoms with E-state index in [0.717, 1.165) is 27.4 Å². The molecule has 10 heteroatoms. The lowest BCUT2D eigenvalue weighted by molar-refractivity contribution is -0.384. The fourth-order valence-corrected chi connectivity index (χ4v) is 6.23. The number of non-ortho nitro benzene ring substituents is 1. The number of nitrogens with zero attached hydrogens (tertiary/aromatic N) is 3. The van der Waals surface area contributed by atoms with E-state index in [4.69, 9.17) is 9.57 Å². The number of imide groups is 1. The summed E-state index contributed by atoms with van der Waals surface area (Å²) < 4.78 is 5.64. The third-order valence-corrected chi connectivity index (χ3v) is 8.18. The maximum absolute atomic E-state index is 13.9. The number of hydrogen-bond donors (Lipinski definition) is 0. The Morgan fingerprint density at radius 2 is 1.62 bits per heavy atom. The monoisotopic (exact) mass is 555 g/mol. The smallest absolute Gasteiger partial charge is 0.269 e. The van der Waals surface area contributed by atoms with Gasteiger partial charge in [0, 0.05) is 21.9 Å². The van der Waals surface area contributed by atoms with Gasteiger partial charge in [0.05, 0.1) is 22.9 Å². The van der Waals surface area contributed by atoms with Crippen LogP contribution in [0.1, 0.15) is 24.3 Å². The predicted molar refractivity (Wildman–Crippen MR) is 151 cm³/mol. The number of nitro groups is 1. The van der Waals surface area contributed by atoms with Crippen LogP contribution in [-0.2, 0) is 14.4 Å². The summed E-state index contributed by atoms with van der Waals surface area (Å²) in [5.74, 6) is -0.822. The Kier molecular flexibility index (Phi) is 6.79. The Bertz CT molecular complexity index is 1550. The highest BCUT2D eigenvalue weighted by Crippen LogP contribution is 2.50. The van der Waals surface area contributed by atoms with Crippen LogP contribution in [0, 0.1) is 16.0 Å². The number of para-hydroxylation sites is 1. The minimum absolute atomic E-state index is 0.0166. The summed E-state index contributed by atoms with van der Waals surface area (Å²) >= 11 is 1.46. The van der Waals surface area contributed by atoms with E-state index in [1.807, 2.05) is 49.4 Å². The van der Waals surface area contributed by atoms with Crippen molar-refractivity contribution in [1.82, 2.24) is 0 Å². The quantitative estimate of drug-likeness (QED) is 0.146. The Labute approximate surface area is 234 Å². The highest BCUT2D eigenvalue weighted by molar-refractivity contribution is 7.15. The van der Waals surface area contributed by atoms with E-state index >= 15 is 0 Å². The number of fused-ring (bicyclic) bond motifs is 1. The third-order valence-electron chi connectivity index (χ3n) is 6.97. The zero-order valence-corrected chi connectivity index (χ0v) is 22.3. The van der Waals surface area contributed by atoms with Gasteiger partial charge in [0.1, 0.15) is 17.7 Å². The number of hydrogen-bond acceptors (Lipinski definition) is 8. The molecule has 0 bridgehead atoms.